The molecule has 0 aliphatic carbocycles. The fraction of sp³-hybridized carbons (Fsp3) is 0.250. The van der Waals surface area contributed by atoms with E-state index in [-0.39, 0.29) is 17.5 Å². The molecule has 0 aliphatic heterocycles. The van der Waals surface area contributed by atoms with Crippen molar-refractivity contribution in [1.29, 1.82) is 0 Å². The lowest BCUT2D eigenvalue weighted by atomic mass is 10.1. The van der Waals surface area contributed by atoms with Crippen LogP contribution < -0.4 is 5.32 Å². The maximum atomic E-state index is 13.7. The van der Waals surface area contributed by atoms with Gasteiger partial charge in [-0.25, -0.2) is 13.8 Å². The lowest BCUT2D eigenvalue weighted by Gasteiger charge is -2.10. The molecule has 0 bridgehead atoms. The van der Waals surface area contributed by atoms with Crippen molar-refractivity contribution >= 4 is 16.6 Å². The van der Waals surface area contributed by atoms with Gasteiger partial charge in [-0.1, -0.05) is 0 Å². The number of fused-ring (bicyclic) bond motifs is 1. The number of rotatable bonds is 3. The van der Waals surface area contributed by atoms with E-state index in [9.17, 15) is 8.78 Å². The van der Waals surface area contributed by atoms with Gasteiger partial charge in [0, 0.05) is 19.8 Å². The molecular formula is C12H12F2N2O. The molecule has 0 unspecified atom stereocenters. The van der Waals surface area contributed by atoms with Crippen molar-refractivity contribution in [1.82, 2.24) is 4.98 Å². The van der Waals surface area contributed by atoms with E-state index in [0.29, 0.717) is 11.4 Å². The highest BCUT2D eigenvalue weighted by atomic mass is 19.1. The van der Waals surface area contributed by atoms with Crippen LogP contribution in [0.5, 0.6) is 0 Å². The number of methoxy groups -OCH3 is 1. The van der Waals surface area contributed by atoms with Gasteiger partial charge in [0.2, 0.25) is 0 Å². The van der Waals surface area contributed by atoms with Crippen LogP contribution in [-0.4, -0.2) is 19.1 Å². The Labute approximate surface area is 97.4 Å². The molecule has 1 N–H and O–H groups in total. The Balaban J connectivity index is 2.77. The molecule has 5 heteroatoms. The number of aromatic nitrogens is 1. The fourth-order valence-electron chi connectivity index (χ4n) is 1.74. The van der Waals surface area contributed by atoms with Crippen LogP contribution in [0.2, 0.25) is 0 Å². The molecular weight excluding hydrogens is 226 g/mol. The second-order valence-corrected chi connectivity index (χ2v) is 3.60. The minimum Gasteiger partial charge on any atom is -0.387 e. The SMILES string of the molecule is CNc1cc(COC)nc2c(F)ccc(F)c12. The summed E-state index contributed by atoms with van der Waals surface area (Å²) in [7, 11) is 3.17. The number of hydrogen-bond donors (Lipinski definition) is 1. The van der Waals surface area contributed by atoms with E-state index >= 15 is 0 Å². The first-order valence-electron chi connectivity index (χ1n) is 5.11. The molecule has 90 valence electrons. The van der Waals surface area contributed by atoms with Crippen LogP contribution in [0.25, 0.3) is 10.9 Å². The van der Waals surface area contributed by atoms with Gasteiger partial charge in [0.05, 0.1) is 17.7 Å². The number of pyridine rings is 1. The number of nitrogens with one attached hydrogen (secondary N) is 1. The summed E-state index contributed by atoms with van der Waals surface area (Å²) in [4.78, 5) is 4.05. The topological polar surface area (TPSA) is 34.1 Å². The highest BCUT2D eigenvalue weighted by Gasteiger charge is 2.13. The number of anilines is 1. The predicted octanol–water partition coefficient (Wildman–Crippen LogP) is 2.70. The largest absolute Gasteiger partial charge is 0.387 e. The van der Waals surface area contributed by atoms with Crippen molar-refractivity contribution < 1.29 is 13.5 Å². The molecule has 0 saturated heterocycles. The summed E-state index contributed by atoms with van der Waals surface area (Å²) < 4.78 is 32.2. The quantitative estimate of drug-likeness (QED) is 0.892. The summed E-state index contributed by atoms with van der Waals surface area (Å²) in [5.74, 6) is -1.04. The second-order valence-electron chi connectivity index (χ2n) is 3.60. The monoisotopic (exact) mass is 238 g/mol. The first-order valence-corrected chi connectivity index (χ1v) is 5.11. The third-order valence-electron chi connectivity index (χ3n) is 2.48. The Bertz CT molecular complexity index is 558. The number of ether oxygens (including phenoxy) is 1. The molecule has 0 spiro atoms. The summed E-state index contributed by atoms with van der Waals surface area (Å²) in [5, 5.41) is 2.99. The molecule has 2 rings (SSSR count). The van der Waals surface area contributed by atoms with Crippen LogP contribution in [0.1, 0.15) is 5.69 Å². The number of benzene rings is 1. The Morgan fingerprint density at radius 3 is 2.65 bits per heavy atom. The van der Waals surface area contributed by atoms with Crippen LogP contribution in [0.15, 0.2) is 18.2 Å². The third kappa shape index (κ3) is 2.06. The lowest BCUT2D eigenvalue weighted by Crippen LogP contribution is -2.00. The molecule has 0 saturated carbocycles. The van der Waals surface area contributed by atoms with Crippen molar-refractivity contribution in [3.8, 4) is 0 Å². The Kier molecular flexibility index (Phi) is 3.19. The summed E-state index contributed by atoms with van der Waals surface area (Å²) in [6.45, 7) is 0.251. The van der Waals surface area contributed by atoms with E-state index in [1.807, 2.05) is 0 Å². The van der Waals surface area contributed by atoms with E-state index < -0.39 is 11.6 Å². The maximum absolute atomic E-state index is 13.7. The molecule has 17 heavy (non-hydrogen) atoms. The number of halogens is 2. The summed E-state index contributed by atoms with van der Waals surface area (Å²) >= 11 is 0. The Hall–Kier alpha value is -1.75. The van der Waals surface area contributed by atoms with Gasteiger partial charge in [0.25, 0.3) is 0 Å². The highest BCUT2D eigenvalue weighted by molar-refractivity contribution is 5.92. The smallest absolute Gasteiger partial charge is 0.149 e. The molecule has 0 atom stereocenters. The van der Waals surface area contributed by atoms with Crippen molar-refractivity contribution in [2.24, 2.45) is 0 Å². The van der Waals surface area contributed by atoms with E-state index in [4.69, 9.17) is 4.74 Å². The lowest BCUT2D eigenvalue weighted by molar-refractivity contribution is 0.182. The zero-order valence-electron chi connectivity index (χ0n) is 9.55. The van der Waals surface area contributed by atoms with E-state index in [1.54, 1.807) is 13.1 Å². The fourth-order valence-corrected chi connectivity index (χ4v) is 1.74. The summed E-state index contributed by atoms with van der Waals surface area (Å²) in [6, 6.07) is 3.81. The normalized spacial score (nSPS) is 10.8. The van der Waals surface area contributed by atoms with E-state index in [1.165, 1.54) is 7.11 Å². The molecule has 1 heterocycles. The minimum absolute atomic E-state index is 0.0175. The average molecular weight is 238 g/mol. The molecule has 2 aromatic rings. The van der Waals surface area contributed by atoms with Crippen molar-refractivity contribution in [2.75, 3.05) is 19.5 Å². The van der Waals surface area contributed by atoms with Gasteiger partial charge in [-0.3, -0.25) is 0 Å². The van der Waals surface area contributed by atoms with Gasteiger partial charge in [-0.05, 0) is 18.2 Å². The first-order chi connectivity index (χ1) is 8.17. The van der Waals surface area contributed by atoms with Crippen molar-refractivity contribution in [2.45, 2.75) is 6.61 Å². The van der Waals surface area contributed by atoms with Gasteiger partial charge >= 0.3 is 0 Å². The first kappa shape index (κ1) is 11.7. The number of hydrogen-bond acceptors (Lipinski definition) is 3. The molecule has 3 nitrogen and oxygen atoms in total. The minimum atomic E-state index is -0.546. The third-order valence-corrected chi connectivity index (χ3v) is 2.48. The zero-order valence-corrected chi connectivity index (χ0v) is 9.55. The molecule has 0 fully saturated rings. The molecule has 0 aliphatic rings. The van der Waals surface area contributed by atoms with Crippen LogP contribution in [0.4, 0.5) is 14.5 Å². The molecule has 0 amide bonds. The molecule has 0 radical (unpaired) electrons. The standard InChI is InChI=1S/C12H12F2N2O/c1-15-10-5-7(6-17-2)16-12-9(14)4-3-8(13)11(10)12/h3-5H,6H2,1-2H3,(H,15,16). The van der Waals surface area contributed by atoms with Gasteiger partial charge in [0.15, 0.2) is 0 Å². The van der Waals surface area contributed by atoms with Crippen LogP contribution in [0, 0.1) is 11.6 Å². The van der Waals surface area contributed by atoms with E-state index in [2.05, 4.69) is 10.3 Å². The highest BCUT2D eigenvalue weighted by Crippen LogP contribution is 2.27. The van der Waals surface area contributed by atoms with Crippen molar-refractivity contribution in [3.63, 3.8) is 0 Å². The second kappa shape index (κ2) is 4.63. The van der Waals surface area contributed by atoms with Crippen LogP contribution in [-0.2, 0) is 11.3 Å². The van der Waals surface area contributed by atoms with Crippen LogP contribution in [0.3, 0.4) is 0 Å². The van der Waals surface area contributed by atoms with Crippen molar-refractivity contribution in [3.05, 3.63) is 35.5 Å². The van der Waals surface area contributed by atoms with E-state index in [0.717, 1.165) is 12.1 Å². The molecule has 1 aromatic heterocycles. The van der Waals surface area contributed by atoms with Gasteiger partial charge < -0.3 is 10.1 Å². The Morgan fingerprint density at radius 2 is 2.00 bits per heavy atom. The maximum Gasteiger partial charge on any atom is 0.149 e. The van der Waals surface area contributed by atoms with Crippen LogP contribution >= 0.6 is 0 Å². The van der Waals surface area contributed by atoms with Gasteiger partial charge in [0.1, 0.15) is 17.2 Å². The summed E-state index contributed by atoms with van der Waals surface area (Å²) in [5.41, 5.74) is 1.07. The zero-order chi connectivity index (χ0) is 12.4. The Morgan fingerprint density at radius 1 is 1.29 bits per heavy atom. The average Bonchev–Trinajstić information content (AvgIpc) is 2.33. The molecule has 1 aromatic carbocycles. The predicted molar refractivity (Wildman–Crippen MR) is 61.9 cm³/mol. The van der Waals surface area contributed by atoms with Gasteiger partial charge in [-0.15, -0.1) is 0 Å². The van der Waals surface area contributed by atoms with Gasteiger partial charge in [-0.2, -0.15) is 0 Å². The number of nitrogens with zero attached hydrogens (tertiary/aromatic N) is 1. The summed E-state index contributed by atoms with van der Waals surface area (Å²) in [6.07, 6.45) is 0.